The summed E-state index contributed by atoms with van der Waals surface area (Å²) >= 11 is 0. The fraction of sp³-hybridized carbons (Fsp3) is 0.875. The highest BCUT2D eigenvalue weighted by atomic mass is 19.4. The van der Waals surface area contributed by atoms with Crippen LogP contribution in [0.1, 0.15) is 12.8 Å². The molecule has 0 bridgehead atoms. The third-order valence-corrected chi connectivity index (χ3v) is 2.05. The van der Waals surface area contributed by atoms with Crippen molar-refractivity contribution in [1.29, 1.82) is 0 Å². The van der Waals surface area contributed by atoms with Crippen molar-refractivity contribution in [2.45, 2.75) is 43.0 Å². The van der Waals surface area contributed by atoms with Crippen LogP contribution in [0.5, 0.6) is 0 Å². The largest absolute Gasteiger partial charge is 0.459 e. The zero-order valence-corrected chi connectivity index (χ0v) is 9.03. The van der Waals surface area contributed by atoms with E-state index in [0.29, 0.717) is 0 Å². The first-order chi connectivity index (χ1) is 8.46. The lowest BCUT2D eigenvalue weighted by Gasteiger charge is -2.28. The molecule has 0 saturated heterocycles. The van der Waals surface area contributed by atoms with Gasteiger partial charge in [0.15, 0.2) is 0 Å². The lowest BCUT2D eigenvalue weighted by molar-refractivity contribution is -0.355. The zero-order chi connectivity index (χ0) is 16.6. The minimum Gasteiger partial charge on any atom is -0.200 e. The molecule has 0 aliphatic rings. The molecule has 0 aliphatic carbocycles. The Kier molecular flexibility index (Phi) is 4.95. The summed E-state index contributed by atoms with van der Waals surface area (Å²) in [5.41, 5.74) is 0. The van der Waals surface area contributed by atoms with Crippen LogP contribution >= 0.6 is 0 Å². The molecule has 0 spiro atoms. The number of halogens is 12. The van der Waals surface area contributed by atoms with Gasteiger partial charge in [-0.05, 0) is 6.42 Å². The Labute approximate surface area is 103 Å². The molecule has 0 heterocycles. The summed E-state index contributed by atoms with van der Waals surface area (Å²) in [4.78, 5) is 0. The highest BCUT2D eigenvalue weighted by Gasteiger charge is 2.72. The van der Waals surface area contributed by atoms with Crippen molar-refractivity contribution in [1.82, 2.24) is 0 Å². The second-order valence-corrected chi connectivity index (χ2v) is 3.64. The maximum absolute atomic E-state index is 12.6. The van der Waals surface area contributed by atoms with Crippen LogP contribution in [0, 0.1) is 6.42 Å². The van der Waals surface area contributed by atoms with E-state index < -0.39 is 49.4 Å². The topological polar surface area (TPSA) is 0 Å². The van der Waals surface area contributed by atoms with Gasteiger partial charge in [0.25, 0.3) is 0 Å². The Hall–Kier alpha value is -0.840. The van der Waals surface area contributed by atoms with E-state index in [4.69, 9.17) is 0 Å². The number of rotatable bonds is 5. The van der Waals surface area contributed by atoms with Crippen LogP contribution < -0.4 is 0 Å². The molecule has 0 atom stereocenters. The Balaban J connectivity index is 4.76. The second kappa shape index (κ2) is 5.17. The van der Waals surface area contributed by atoms with Crippen molar-refractivity contribution < 1.29 is 52.7 Å². The average molecular weight is 329 g/mol. The predicted octanol–water partition coefficient (Wildman–Crippen LogP) is 5.00. The maximum atomic E-state index is 12.6. The molecule has 0 rings (SSSR count). The third-order valence-electron chi connectivity index (χ3n) is 2.05. The monoisotopic (exact) mass is 329 g/mol. The molecule has 20 heavy (non-hydrogen) atoms. The minimum absolute atomic E-state index is 1.09. The van der Waals surface area contributed by atoms with E-state index in [1.54, 1.807) is 0 Å². The SMILES string of the molecule is FC(F)(F)C(F)(F)[CH]CCC(F)(F)C(F)(F)C(F)(F)F. The van der Waals surface area contributed by atoms with Crippen LogP contribution in [-0.4, -0.2) is 30.1 Å². The van der Waals surface area contributed by atoms with Gasteiger partial charge in [0, 0.05) is 12.8 Å². The van der Waals surface area contributed by atoms with Crippen LogP contribution in [0.15, 0.2) is 0 Å². The van der Waals surface area contributed by atoms with Gasteiger partial charge in [0.1, 0.15) is 0 Å². The Morgan fingerprint density at radius 2 is 1.00 bits per heavy atom. The molecule has 0 nitrogen and oxygen atoms in total. The molecule has 0 unspecified atom stereocenters. The lowest BCUT2D eigenvalue weighted by atomic mass is 10.0. The molecular formula is C8H5F12. The van der Waals surface area contributed by atoms with Crippen molar-refractivity contribution in [3.05, 3.63) is 6.42 Å². The third kappa shape index (κ3) is 3.84. The molecule has 1 radical (unpaired) electrons. The van der Waals surface area contributed by atoms with E-state index in [-0.39, 0.29) is 0 Å². The normalized spacial score (nSPS) is 15.6. The van der Waals surface area contributed by atoms with Crippen LogP contribution in [-0.2, 0) is 0 Å². The van der Waals surface area contributed by atoms with Gasteiger partial charge in [-0.25, -0.2) is 0 Å². The first kappa shape index (κ1) is 19.2. The summed E-state index contributed by atoms with van der Waals surface area (Å²) in [6, 6.07) is 0. The maximum Gasteiger partial charge on any atom is 0.459 e. The molecular weight excluding hydrogens is 324 g/mol. The van der Waals surface area contributed by atoms with Crippen molar-refractivity contribution in [3.63, 3.8) is 0 Å². The molecule has 0 amide bonds. The summed E-state index contributed by atoms with van der Waals surface area (Å²) < 4.78 is 144. The van der Waals surface area contributed by atoms with Gasteiger partial charge in [-0.2, -0.15) is 52.7 Å². The van der Waals surface area contributed by atoms with Gasteiger partial charge in [0.05, 0.1) is 0 Å². The quantitative estimate of drug-likeness (QED) is 0.623. The van der Waals surface area contributed by atoms with E-state index in [0.717, 1.165) is 0 Å². The van der Waals surface area contributed by atoms with Crippen molar-refractivity contribution in [2.24, 2.45) is 0 Å². The summed E-state index contributed by atoms with van der Waals surface area (Å²) in [5.74, 6) is -17.9. The Bertz CT molecular complexity index is 321. The van der Waals surface area contributed by atoms with Gasteiger partial charge in [-0.3, -0.25) is 0 Å². The molecule has 0 N–H and O–H groups in total. The zero-order valence-electron chi connectivity index (χ0n) is 9.03. The molecule has 12 heteroatoms. The highest BCUT2D eigenvalue weighted by Crippen LogP contribution is 2.49. The van der Waals surface area contributed by atoms with Crippen LogP contribution in [0.4, 0.5) is 52.7 Å². The van der Waals surface area contributed by atoms with E-state index >= 15 is 0 Å². The first-order valence-electron chi connectivity index (χ1n) is 4.57. The van der Waals surface area contributed by atoms with Gasteiger partial charge < -0.3 is 0 Å². The first-order valence-corrected chi connectivity index (χ1v) is 4.57. The summed E-state index contributed by atoms with van der Waals surface area (Å²) in [7, 11) is 0. The van der Waals surface area contributed by atoms with E-state index in [2.05, 4.69) is 0 Å². The molecule has 0 saturated carbocycles. The average Bonchev–Trinajstić information content (AvgIpc) is 2.12. The molecule has 0 aromatic heterocycles. The van der Waals surface area contributed by atoms with Crippen LogP contribution in [0.2, 0.25) is 0 Å². The summed E-state index contributed by atoms with van der Waals surface area (Å²) in [5, 5.41) is 0. The Morgan fingerprint density at radius 3 is 1.30 bits per heavy atom. The fourth-order valence-corrected chi connectivity index (χ4v) is 0.915. The molecule has 0 aliphatic heterocycles. The van der Waals surface area contributed by atoms with Crippen molar-refractivity contribution >= 4 is 0 Å². The fourth-order valence-electron chi connectivity index (χ4n) is 0.915. The van der Waals surface area contributed by atoms with Crippen LogP contribution in [0.25, 0.3) is 0 Å². The predicted molar refractivity (Wildman–Crippen MR) is 40.5 cm³/mol. The number of alkyl halides is 12. The Morgan fingerprint density at radius 1 is 0.600 bits per heavy atom. The second-order valence-electron chi connectivity index (χ2n) is 3.64. The van der Waals surface area contributed by atoms with E-state index in [1.165, 1.54) is 0 Å². The van der Waals surface area contributed by atoms with E-state index in [1.807, 2.05) is 0 Å². The summed E-state index contributed by atoms with van der Waals surface area (Å²) in [6.45, 7) is 0. The van der Waals surface area contributed by atoms with Gasteiger partial charge in [0.2, 0.25) is 0 Å². The number of hydrogen-bond donors (Lipinski definition) is 0. The van der Waals surface area contributed by atoms with Gasteiger partial charge in [-0.15, -0.1) is 0 Å². The van der Waals surface area contributed by atoms with Gasteiger partial charge >= 0.3 is 30.1 Å². The van der Waals surface area contributed by atoms with Crippen molar-refractivity contribution in [2.75, 3.05) is 0 Å². The minimum atomic E-state index is -6.66. The summed E-state index contributed by atoms with van der Waals surface area (Å²) in [6.07, 6.45) is -18.4. The lowest BCUT2D eigenvalue weighted by Crippen LogP contribution is -2.52. The van der Waals surface area contributed by atoms with E-state index in [9.17, 15) is 52.7 Å². The van der Waals surface area contributed by atoms with Crippen molar-refractivity contribution in [3.8, 4) is 0 Å². The standard InChI is InChI=1S/C8H5F12/c9-4(10,6(13,14)8(18,19)20)2-1-3-5(11,12)7(15,16)17/h3H,1-2H2. The smallest absolute Gasteiger partial charge is 0.200 e. The molecule has 0 fully saturated rings. The van der Waals surface area contributed by atoms with Crippen LogP contribution in [0.3, 0.4) is 0 Å². The molecule has 121 valence electrons. The highest BCUT2D eigenvalue weighted by molar-refractivity contribution is 4.96. The number of hydrogen-bond acceptors (Lipinski definition) is 0. The molecule has 0 aromatic rings. The molecule has 0 aromatic carbocycles. The van der Waals surface area contributed by atoms with Gasteiger partial charge in [-0.1, -0.05) is 0 Å².